The molecule has 0 bridgehead atoms. The van der Waals surface area contributed by atoms with Gasteiger partial charge < -0.3 is 4.74 Å². The van der Waals surface area contributed by atoms with E-state index in [1.165, 1.54) is 25.3 Å². The van der Waals surface area contributed by atoms with Gasteiger partial charge >= 0.3 is 5.97 Å². The fraction of sp³-hybridized carbons (Fsp3) is 0.250. The lowest BCUT2D eigenvalue weighted by Gasteiger charge is -2.04. The fourth-order valence-corrected chi connectivity index (χ4v) is 1.71. The van der Waals surface area contributed by atoms with E-state index < -0.39 is 5.97 Å². The molecule has 0 saturated carbocycles. The zero-order valence-corrected chi connectivity index (χ0v) is 10.8. The lowest BCUT2D eigenvalue weighted by Crippen LogP contribution is -2.06. The van der Waals surface area contributed by atoms with Gasteiger partial charge in [0.05, 0.1) is 24.3 Å². The van der Waals surface area contributed by atoms with E-state index in [4.69, 9.17) is 5.26 Å². The third kappa shape index (κ3) is 3.14. The summed E-state index contributed by atoms with van der Waals surface area (Å²) in [6, 6.07) is 6.24. The molecule has 0 heterocycles. The molecule has 1 aromatic carbocycles. The number of ether oxygens (including phenoxy) is 1. The molecule has 0 fully saturated rings. The zero-order valence-electron chi connectivity index (χ0n) is 9.20. The van der Waals surface area contributed by atoms with Gasteiger partial charge in [-0.15, -0.1) is 0 Å². The maximum atomic E-state index is 11.7. The molecule has 5 heteroatoms. The number of halogens is 1. The van der Waals surface area contributed by atoms with Crippen LogP contribution in [0.3, 0.4) is 0 Å². The standard InChI is InChI=1S/C12H10BrNO3/c1-17-12(16)8-2-3-10(9(6-8)7-14)11(15)4-5-13/h2-3,6H,4-5H2,1H3. The number of benzene rings is 1. The van der Waals surface area contributed by atoms with E-state index in [1.807, 2.05) is 6.07 Å². The molecule has 0 amide bonds. The zero-order chi connectivity index (χ0) is 12.8. The normalized spacial score (nSPS) is 9.47. The number of carbonyl (C=O) groups is 2. The summed E-state index contributed by atoms with van der Waals surface area (Å²) in [4.78, 5) is 22.9. The fourth-order valence-electron chi connectivity index (χ4n) is 1.35. The average Bonchev–Trinajstić information content (AvgIpc) is 2.37. The summed E-state index contributed by atoms with van der Waals surface area (Å²) < 4.78 is 4.54. The largest absolute Gasteiger partial charge is 0.465 e. The minimum Gasteiger partial charge on any atom is -0.465 e. The Balaban J connectivity index is 3.15. The highest BCUT2D eigenvalue weighted by Crippen LogP contribution is 2.14. The van der Waals surface area contributed by atoms with Crippen LogP contribution in [0.25, 0.3) is 0 Å². The van der Waals surface area contributed by atoms with Crippen LogP contribution in [0.2, 0.25) is 0 Å². The van der Waals surface area contributed by atoms with Gasteiger partial charge in [0.1, 0.15) is 0 Å². The Morgan fingerprint density at radius 3 is 2.71 bits per heavy atom. The molecule has 0 radical (unpaired) electrons. The molecule has 1 rings (SSSR count). The van der Waals surface area contributed by atoms with E-state index in [1.54, 1.807) is 0 Å². The van der Waals surface area contributed by atoms with Crippen molar-refractivity contribution in [1.29, 1.82) is 5.26 Å². The molecular formula is C12H10BrNO3. The second kappa shape index (κ2) is 6.16. The van der Waals surface area contributed by atoms with Crippen LogP contribution in [-0.2, 0) is 4.74 Å². The number of Topliss-reactive ketones (excluding diaryl/α,β-unsaturated/α-hetero) is 1. The van der Waals surface area contributed by atoms with Gasteiger partial charge in [0.15, 0.2) is 5.78 Å². The highest BCUT2D eigenvalue weighted by Gasteiger charge is 2.14. The minimum atomic E-state index is -0.527. The maximum absolute atomic E-state index is 11.7. The first kappa shape index (κ1) is 13.4. The van der Waals surface area contributed by atoms with Crippen molar-refractivity contribution in [1.82, 2.24) is 0 Å². The Morgan fingerprint density at radius 1 is 1.47 bits per heavy atom. The van der Waals surface area contributed by atoms with Gasteiger partial charge in [0, 0.05) is 17.3 Å². The number of methoxy groups -OCH3 is 1. The quantitative estimate of drug-likeness (QED) is 0.486. The average molecular weight is 296 g/mol. The summed E-state index contributed by atoms with van der Waals surface area (Å²) in [5, 5.41) is 9.49. The summed E-state index contributed by atoms with van der Waals surface area (Å²) in [7, 11) is 1.26. The molecule has 4 nitrogen and oxygen atoms in total. The van der Waals surface area contributed by atoms with Gasteiger partial charge in [-0.2, -0.15) is 5.26 Å². The van der Waals surface area contributed by atoms with Crippen LogP contribution < -0.4 is 0 Å². The van der Waals surface area contributed by atoms with Gasteiger partial charge in [-0.05, 0) is 18.2 Å². The van der Waals surface area contributed by atoms with E-state index in [0.717, 1.165) is 0 Å². The number of ketones is 1. The van der Waals surface area contributed by atoms with E-state index in [2.05, 4.69) is 20.7 Å². The number of hydrogen-bond donors (Lipinski definition) is 0. The molecule has 0 aliphatic heterocycles. The molecule has 0 atom stereocenters. The Kier molecular flexibility index (Phi) is 4.85. The van der Waals surface area contributed by atoms with Crippen molar-refractivity contribution in [2.45, 2.75) is 6.42 Å². The topological polar surface area (TPSA) is 67.2 Å². The molecule has 0 saturated heterocycles. The molecule has 17 heavy (non-hydrogen) atoms. The third-order valence-corrected chi connectivity index (χ3v) is 2.58. The summed E-state index contributed by atoms with van der Waals surface area (Å²) in [5.74, 6) is -0.657. The highest BCUT2D eigenvalue weighted by molar-refractivity contribution is 9.09. The third-order valence-electron chi connectivity index (χ3n) is 2.18. The van der Waals surface area contributed by atoms with Crippen molar-refractivity contribution < 1.29 is 14.3 Å². The van der Waals surface area contributed by atoms with E-state index in [9.17, 15) is 9.59 Å². The van der Waals surface area contributed by atoms with Crippen molar-refractivity contribution >= 4 is 27.7 Å². The van der Waals surface area contributed by atoms with Crippen LogP contribution in [-0.4, -0.2) is 24.2 Å². The van der Waals surface area contributed by atoms with Crippen LogP contribution in [0.4, 0.5) is 0 Å². The number of hydrogen-bond acceptors (Lipinski definition) is 4. The highest BCUT2D eigenvalue weighted by atomic mass is 79.9. The number of esters is 1. The molecule has 0 N–H and O–H groups in total. The molecular weight excluding hydrogens is 286 g/mol. The van der Waals surface area contributed by atoms with E-state index >= 15 is 0 Å². The SMILES string of the molecule is COC(=O)c1ccc(C(=O)CCBr)c(C#N)c1. The number of alkyl halides is 1. The Bertz CT molecular complexity index is 491. The van der Waals surface area contributed by atoms with Gasteiger partial charge in [-0.1, -0.05) is 15.9 Å². The monoisotopic (exact) mass is 295 g/mol. The van der Waals surface area contributed by atoms with Gasteiger partial charge in [0.2, 0.25) is 0 Å². The molecule has 0 spiro atoms. The van der Waals surface area contributed by atoms with E-state index in [-0.39, 0.29) is 16.9 Å². The lowest BCUT2D eigenvalue weighted by molar-refractivity contribution is 0.0600. The Morgan fingerprint density at radius 2 is 2.18 bits per heavy atom. The second-order valence-corrected chi connectivity index (χ2v) is 4.02. The lowest BCUT2D eigenvalue weighted by atomic mass is 10.0. The van der Waals surface area contributed by atoms with Gasteiger partial charge in [0.25, 0.3) is 0 Å². The molecule has 0 aromatic heterocycles. The minimum absolute atomic E-state index is 0.130. The summed E-state index contributed by atoms with van der Waals surface area (Å²) in [6.45, 7) is 0. The molecule has 0 unspecified atom stereocenters. The van der Waals surface area contributed by atoms with Crippen molar-refractivity contribution in [2.24, 2.45) is 0 Å². The second-order valence-electron chi connectivity index (χ2n) is 3.23. The van der Waals surface area contributed by atoms with Crippen LogP contribution >= 0.6 is 15.9 Å². The van der Waals surface area contributed by atoms with Crippen LogP contribution in [0, 0.1) is 11.3 Å². The van der Waals surface area contributed by atoms with Crippen LogP contribution in [0.5, 0.6) is 0 Å². The van der Waals surface area contributed by atoms with Crippen LogP contribution in [0.15, 0.2) is 18.2 Å². The first-order valence-corrected chi connectivity index (χ1v) is 5.97. The molecule has 0 aliphatic rings. The van der Waals surface area contributed by atoms with Crippen molar-refractivity contribution in [3.05, 3.63) is 34.9 Å². The van der Waals surface area contributed by atoms with Gasteiger partial charge in [-0.3, -0.25) is 4.79 Å². The number of carbonyl (C=O) groups excluding carboxylic acids is 2. The maximum Gasteiger partial charge on any atom is 0.337 e. The predicted molar refractivity (Wildman–Crippen MR) is 65.2 cm³/mol. The smallest absolute Gasteiger partial charge is 0.337 e. The number of rotatable bonds is 4. The molecule has 1 aromatic rings. The summed E-state index contributed by atoms with van der Waals surface area (Å²) >= 11 is 3.16. The van der Waals surface area contributed by atoms with Crippen LogP contribution in [0.1, 0.15) is 32.7 Å². The van der Waals surface area contributed by atoms with Crippen molar-refractivity contribution in [2.75, 3.05) is 12.4 Å². The summed E-state index contributed by atoms with van der Waals surface area (Å²) in [6.07, 6.45) is 0.312. The summed E-state index contributed by atoms with van der Waals surface area (Å²) in [5.41, 5.74) is 0.790. The molecule has 0 aliphatic carbocycles. The number of nitrogens with zero attached hydrogens (tertiary/aromatic N) is 1. The Labute approximate surface area is 107 Å². The van der Waals surface area contributed by atoms with Gasteiger partial charge in [-0.25, -0.2) is 4.79 Å². The van der Waals surface area contributed by atoms with Crippen molar-refractivity contribution in [3.8, 4) is 6.07 Å². The first-order chi connectivity index (χ1) is 8.13. The first-order valence-electron chi connectivity index (χ1n) is 4.85. The Hall–Kier alpha value is -1.67. The number of nitriles is 1. The van der Waals surface area contributed by atoms with Crippen molar-refractivity contribution in [3.63, 3.8) is 0 Å². The predicted octanol–water partition coefficient (Wildman–Crippen LogP) is 2.31. The van der Waals surface area contributed by atoms with E-state index in [0.29, 0.717) is 17.3 Å². The molecule has 88 valence electrons.